The zero-order valence-electron chi connectivity index (χ0n) is 20.0. The number of rotatable bonds is 20. The summed E-state index contributed by atoms with van der Waals surface area (Å²) in [5, 5.41) is -0.242. The van der Waals surface area contributed by atoms with E-state index in [0.717, 1.165) is 17.4 Å². The summed E-state index contributed by atoms with van der Waals surface area (Å²) in [5.41, 5.74) is 0. The molecule has 0 bridgehead atoms. The van der Waals surface area contributed by atoms with E-state index in [-0.39, 0.29) is 5.25 Å². The SMILES string of the molecule is CCCCCCCCCCCCCCCC[N+](C)(C)CCCS(=O)(=O)C(C)C. The summed E-state index contributed by atoms with van der Waals surface area (Å²) in [4.78, 5) is 0. The zero-order chi connectivity index (χ0) is 21.3. The Morgan fingerprint density at radius 1 is 0.607 bits per heavy atom. The number of sulfone groups is 1. The third-order valence-corrected chi connectivity index (χ3v) is 8.32. The van der Waals surface area contributed by atoms with Gasteiger partial charge in [-0.05, 0) is 26.7 Å². The quantitative estimate of drug-likeness (QED) is 0.162. The minimum atomic E-state index is -2.88. The van der Waals surface area contributed by atoms with Crippen LogP contribution in [0.1, 0.15) is 117 Å². The van der Waals surface area contributed by atoms with E-state index < -0.39 is 9.84 Å². The Bertz CT molecular complexity index is 444. The first-order chi connectivity index (χ1) is 13.2. The van der Waals surface area contributed by atoms with Crippen molar-refractivity contribution in [3.63, 3.8) is 0 Å². The van der Waals surface area contributed by atoms with E-state index in [2.05, 4.69) is 21.0 Å². The lowest BCUT2D eigenvalue weighted by Crippen LogP contribution is -2.42. The van der Waals surface area contributed by atoms with E-state index in [1.165, 1.54) is 96.4 Å². The van der Waals surface area contributed by atoms with Crippen LogP contribution in [0.25, 0.3) is 0 Å². The highest BCUT2D eigenvalue weighted by Gasteiger charge is 2.19. The Morgan fingerprint density at radius 2 is 0.964 bits per heavy atom. The van der Waals surface area contributed by atoms with Gasteiger partial charge in [0.25, 0.3) is 0 Å². The molecule has 170 valence electrons. The number of nitrogens with zero attached hydrogens (tertiary/aromatic N) is 1. The second-order valence-corrected chi connectivity index (χ2v) is 12.4. The van der Waals surface area contributed by atoms with Crippen LogP contribution in [0.15, 0.2) is 0 Å². The van der Waals surface area contributed by atoms with Crippen LogP contribution in [-0.4, -0.2) is 51.1 Å². The van der Waals surface area contributed by atoms with Crippen LogP contribution in [0, 0.1) is 0 Å². The molecule has 0 heterocycles. The first-order valence-electron chi connectivity index (χ1n) is 12.2. The molecule has 0 spiro atoms. The van der Waals surface area contributed by atoms with Crippen molar-refractivity contribution in [3.8, 4) is 0 Å². The van der Waals surface area contributed by atoms with E-state index in [1.54, 1.807) is 13.8 Å². The van der Waals surface area contributed by atoms with Crippen molar-refractivity contribution in [1.82, 2.24) is 0 Å². The molecule has 0 aromatic heterocycles. The highest BCUT2D eigenvalue weighted by atomic mass is 32.2. The summed E-state index contributed by atoms with van der Waals surface area (Å²) in [7, 11) is 1.60. The van der Waals surface area contributed by atoms with Crippen LogP contribution in [0.2, 0.25) is 0 Å². The standard InChI is InChI=1S/C24H52NO2S/c1-6-7-8-9-10-11-12-13-14-15-16-17-18-19-21-25(4,5)22-20-23-28(26,27)24(2)3/h24H,6-23H2,1-5H3/q+1. The Balaban J connectivity index is 3.47. The summed E-state index contributed by atoms with van der Waals surface area (Å²) in [6.07, 6.45) is 20.3. The minimum Gasteiger partial charge on any atom is -0.328 e. The number of hydrogen-bond donors (Lipinski definition) is 0. The number of hydrogen-bond acceptors (Lipinski definition) is 2. The smallest absolute Gasteiger partial charge is 0.152 e. The Labute approximate surface area is 178 Å². The van der Waals surface area contributed by atoms with Crippen molar-refractivity contribution in [2.45, 2.75) is 122 Å². The molecule has 0 unspecified atom stereocenters. The fraction of sp³-hybridized carbons (Fsp3) is 1.00. The Kier molecular flexibility index (Phi) is 16.6. The molecule has 0 aliphatic carbocycles. The second kappa shape index (κ2) is 16.7. The van der Waals surface area contributed by atoms with Crippen LogP contribution < -0.4 is 0 Å². The molecule has 0 radical (unpaired) electrons. The molecule has 0 saturated carbocycles. The Hall–Kier alpha value is -0.0900. The largest absolute Gasteiger partial charge is 0.328 e. The van der Waals surface area contributed by atoms with Crippen LogP contribution >= 0.6 is 0 Å². The Morgan fingerprint density at radius 3 is 1.36 bits per heavy atom. The predicted octanol–water partition coefficient (Wildman–Crippen LogP) is 6.76. The van der Waals surface area contributed by atoms with Gasteiger partial charge in [0.15, 0.2) is 9.84 Å². The van der Waals surface area contributed by atoms with Crippen molar-refractivity contribution in [3.05, 3.63) is 0 Å². The lowest BCUT2D eigenvalue weighted by molar-refractivity contribution is -0.890. The van der Waals surface area contributed by atoms with Gasteiger partial charge in [-0.1, -0.05) is 84.0 Å². The van der Waals surface area contributed by atoms with Crippen LogP contribution in [-0.2, 0) is 9.84 Å². The van der Waals surface area contributed by atoms with E-state index >= 15 is 0 Å². The maximum atomic E-state index is 11.9. The molecule has 0 fully saturated rings. The molecular formula is C24H52NO2S+. The molecule has 4 heteroatoms. The van der Waals surface area contributed by atoms with Crippen LogP contribution in [0.3, 0.4) is 0 Å². The van der Waals surface area contributed by atoms with Gasteiger partial charge in [-0.15, -0.1) is 0 Å². The van der Waals surface area contributed by atoms with E-state index in [0.29, 0.717) is 5.75 Å². The monoisotopic (exact) mass is 418 g/mol. The normalized spacial score (nSPS) is 12.8. The molecule has 0 amide bonds. The van der Waals surface area contributed by atoms with E-state index in [4.69, 9.17) is 0 Å². The van der Waals surface area contributed by atoms with Crippen LogP contribution in [0.5, 0.6) is 0 Å². The summed E-state index contributed by atoms with van der Waals surface area (Å²) < 4.78 is 24.8. The molecule has 0 aliphatic heterocycles. The molecule has 0 atom stereocenters. The molecular weight excluding hydrogens is 366 g/mol. The molecule has 0 aromatic rings. The summed E-state index contributed by atoms with van der Waals surface area (Å²) in [6.45, 7) is 7.97. The molecule has 0 saturated heterocycles. The van der Waals surface area contributed by atoms with Crippen molar-refractivity contribution in [2.24, 2.45) is 0 Å². The number of unbranched alkanes of at least 4 members (excludes halogenated alkanes) is 13. The minimum absolute atomic E-state index is 0.242. The van der Waals surface area contributed by atoms with Gasteiger partial charge in [-0.3, -0.25) is 0 Å². The lowest BCUT2D eigenvalue weighted by Gasteiger charge is -2.30. The maximum absolute atomic E-state index is 11.9. The fourth-order valence-corrected chi connectivity index (χ4v) is 4.78. The molecule has 3 nitrogen and oxygen atoms in total. The third kappa shape index (κ3) is 16.8. The van der Waals surface area contributed by atoms with Gasteiger partial charge in [0.05, 0.1) is 38.2 Å². The third-order valence-electron chi connectivity index (χ3n) is 6.03. The van der Waals surface area contributed by atoms with Gasteiger partial charge in [0, 0.05) is 6.42 Å². The second-order valence-electron chi connectivity index (χ2n) is 9.75. The van der Waals surface area contributed by atoms with Crippen molar-refractivity contribution >= 4 is 9.84 Å². The molecule has 0 aliphatic rings. The summed E-state index contributed by atoms with van der Waals surface area (Å²) in [5.74, 6) is 0.338. The molecule has 0 aromatic carbocycles. The van der Waals surface area contributed by atoms with Crippen molar-refractivity contribution in [1.29, 1.82) is 0 Å². The fourth-order valence-electron chi connectivity index (χ4n) is 3.78. The zero-order valence-corrected chi connectivity index (χ0v) is 20.8. The predicted molar refractivity (Wildman–Crippen MR) is 126 cm³/mol. The van der Waals surface area contributed by atoms with Gasteiger partial charge in [0.2, 0.25) is 0 Å². The van der Waals surface area contributed by atoms with Gasteiger partial charge < -0.3 is 4.48 Å². The van der Waals surface area contributed by atoms with Gasteiger partial charge >= 0.3 is 0 Å². The highest BCUT2D eigenvalue weighted by molar-refractivity contribution is 7.91. The lowest BCUT2D eigenvalue weighted by atomic mass is 10.0. The van der Waals surface area contributed by atoms with Gasteiger partial charge in [-0.25, -0.2) is 8.42 Å². The highest BCUT2D eigenvalue weighted by Crippen LogP contribution is 2.14. The average Bonchev–Trinajstić information content (AvgIpc) is 2.61. The summed E-state index contributed by atoms with van der Waals surface area (Å²) >= 11 is 0. The molecule has 0 N–H and O–H groups in total. The number of quaternary nitrogens is 1. The molecule has 28 heavy (non-hydrogen) atoms. The van der Waals surface area contributed by atoms with E-state index in [9.17, 15) is 8.42 Å². The first kappa shape index (κ1) is 27.9. The van der Waals surface area contributed by atoms with Crippen molar-refractivity contribution in [2.75, 3.05) is 32.9 Å². The van der Waals surface area contributed by atoms with Crippen LogP contribution in [0.4, 0.5) is 0 Å². The topological polar surface area (TPSA) is 34.1 Å². The molecule has 0 rings (SSSR count). The maximum Gasteiger partial charge on any atom is 0.152 e. The van der Waals surface area contributed by atoms with Gasteiger partial charge in [-0.2, -0.15) is 0 Å². The average molecular weight is 419 g/mol. The summed E-state index contributed by atoms with van der Waals surface area (Å²) in [6, 6.07) is 0. The first-order valence-corrected chi connectivity index (χ1v) is 14.0. The van der Waals surface area contributed by atoms with Crippen molar-refractivity contribution < 1.29 is 12.9 Å². The van der Waals surface area contributed by atoms with Gasteiger partial charge in [0.1, 0.15) is 0 Å². The van der Waals surface area contributed by atoms with E-state index in [1.807, 2.05) is 0 Å².